The summed E-state index contributed by atoms with van der Waals surface area (Å²) in [7, 11) is 2.99. The number of hydrogen-bond acceptors (Lipinski definition) is 5. The SMILES string of the molecule is COc1ccc(C(=O)O[C@@H](C)C(=O)NCc2ccccc2)cc1OC. The number of hydrogen-bond donors (Lipinski definition) is 1. The molecule has 0 saturated heterocycles. The van der Waals surface area contributed by atoms with E-state index in [4.69, 9.17) is 14.2 Å². The van der Waals surface area contributed by atoms with E-state index in [0.717, 1.165) is 5.56 Å². The molecule has 0 aromatic heterocycles. The van der Waals surface area contributed by atoms with Gasteiger partial charge in [0.15, 0.2) is 17.6 Å². The molecule has 1 N–H and O–H groups in total. The lowest BCUT2D eigenvalue weighted by molar-refractivity contribution is -0.129. The maximum Gasteiger partial charge on any atom is 0.339 e. The lowest BCUT2D eigenvalue weighted by Gasteiger charge is -2.14. The number of esters is 1. The summed E-state index contributed by atoms with van der Waals surface area (Å²) in [5.74, 6) is -0.0492. The molecule has 1 amide bonds. The first-order valence-corrected chi connectivity index (χ1v) is 7.79. The second kappa shape index (κ2) is 8.73. The van der Waals surface area contributed by atoms with Crippen molar-refractivity contribution in [1.82, 2.24) is 5.32 Å². The van der Waals surface area contributed by atoms with Gasteiger partial charge in [-0.1, -0.05) is 30.3 Å². The highest BCUT2D eigenvalue weighted by Crippen LogP contribution is 2.27. The quantitative estimate of drug-likeness (QED) is 0.782. The van der Waals surface area contributed by atoms with Crippen molar-refractivity contribution in [3.05, 3.63) is 59.7 Å². The highest BCUT2D eigenvalue weighted by molar-refractivity contribution is 5.92. The average molecular weight is 343 g/mol. The Balaban J connectivity index is 1.93. The number of benzene rings is 2. The Morgan fingerprint density at radius 3 is 2.32 bits per heavy atom. The van der Waals surface area contributed by atoms with Gasteiger partial charge in [0.05, 0.1) is 19.8 Å². The van der Waals surface area contributed by atoms with Gasteiger partial charge in [-0.2, -0.15) is 0 Å². The topological polar surface area (TPSA) is 73.9 Å². The van der Waals surface area contributed by atoms with Crippen LogP contribution in [-0.2, 0) is 16.1 Å². The fraction of sp³-hybridized carbons (Fsp3) is 0.263. The van der Waals surface area contributed by atoms with Crippen LogP contribution in [0.1, 0.15) is 22.8 Å². The van der Waals surface area contributed by atoms with Crippen LogP contribution in [0.5, 0.6) is 11.5 Å². The molecule has 2 rings (SSSR count). The first-order chi connectivity index (χ1) is 12.0. The predicted octanol–water partition coefficient (Wildman–Crippen LogP) is 2.57. The van der Waals surface area contributed by atoms with Crippen molar-refractivity contribution in [2.24, 2.45) is 0 Å². The van der Waals surface area contributed by atoms with Gasteiger partial charge in [0.25, 0.3) is 5.91 Å². The molecule has 6 nitrogen and oxygen atoms in total. The molecule has 0 saturated carbocycles. The Morgan fingerprint density at radius 1 is 1.00 bits per heavy atom. The monoisotopic (exact) mass is 343 g/mol. The third-order valence-electron chi connectivity index (χ3n) is 3.58. The van der Waals surface area contributed by atoms with Crippen molar-refractivity contribution >= 4 is 11.9 Å². The van der Waals surface area contributed by atoms with Crippen LogP contribution >= 0.6 is 0 Å². The number of carbonyl (C=O) groups excluding carboxylic acids is 2. The van der Waals surface area contributed by atoms with Gasteiger partial charge in [-0.15, -0.1) is 0 Å². The normalized spacial score (nSPS) is 11.3. The van der Waals surface area contributed by atoms with Crippen LogP contribution in [0.2, 0.25) is 0 Å². The summed E-state index contributed by atoms with van der Waals surface area (Å²) in [6, 6.07) is 14.2. The molecular formula is C19H21NO5. The number of carbonyl (C=O) groups is 2. The van der Waals surface area contributed by atoms with E-state index < -0.39 is 12.1 Å². The van der Waals surface area contributed by atoms with Crippen LogP contribution in [0.15, 0.2) is 48.5 Å². The van der Waals surface area contributed by atoms with Gasteiger partial charge in [0.2, 0.25) is 0 Å². The molecule has 0 unspecified atom stereocenters. The summed E-state index contributed by atoms with van der Waals surface area (Å²) in [5.41, 5.74) is 1.25. The largest absolute Gasteiger partial charge is 0.493 e. The van der Waals surface area contributed by atoms with Crippen LogP contribution in [0.4, 0.5) is 0 Å². The first-order valence-electron chi connectivity index (χ1n) is 7.79. The van der Waals surface area contributed by atoms with E-state index in [9.17, 15) is 9.59 Å². The maximum atomic E-state index is 12.2. The second-order valence-corrected chi connectivity index (χ2v) is 5.32. The Kier molecular flexibility index (Phi) is 6.39. The van der Waals surface area contributed by atoms with Crippen LogP contribution in [0.25, 0.3) is 0 Å². The van der Waals surface area contributed by atoms with Crippen LogP contribution in [-0.4, -0.2) is 32.2 Å². The number of nitrogens with one attached hydrogen (secondary N) is 1. The van der Waals surface area contributed by atoms with Gasteiger partial charge < -0.3 is 19.5 Å². The Labute approximate surface area is 146 Å². The van der Waals surface area contributed by atoms with Gasteiger partial charge in [-0.25, -0.2) is 4.79 Å². The fourth-order valence-electron chi connectivity index (χ4n) is 2.17. The first kappa shape index (κ1) is 18.3. The number of rotatable bonds is 7. The molecule has 0 aliphatic carbocycles. The molecule has 0 radical (unpaired) electrons. The van der Waals surface area contributed by atoms with E-state index in [0.29, 0.717) is 18.0 Å². The van der Waals surface area contributed by atoms with Crippen LogP contribution < -0.4 is 14.8 Å². The molecule has 1 atom stereocenters. The van der Waals surface area contributed by atoms with Crippen molar-refractivity contribution < 1.29 is 23.8 Å². The summed E-state index contributed by atoms with van der Waals surface area (Å²) < 4.78 is 15.5. The van der Waals surface area contributed by atoms with E-state index in [1.807, 2.05) is 30.3 Å². The smallest absolute Gasteiger partial charge is 0.339 e. The van der Waals surface area contributed by atoms with Crippen LogP contribution in [0.3, 0.4) is 0 Å². The van der Waals surface area contributed by atoms with E-state index in [2.05, 4.69) is 5.32 Å². The maximum absolute atomic E-state index is 12.2. The Hall–Kier alpha value is -3.02. The summed E-state index contributed by atoms with van der Waals surface area (Å²) in [6.07, 6.45) is -0.913. The molecule has 25 heavy (non-hydrogen) atoms. The molecule has 0 bridgehead atoms. The van der Waals surface area contributed by atoms with Crippen LogP contribution in [0, 0.1) is 0 Å². The third kappa shape index (κ3) is 4.97. The zero-order valence-corrected chi connectivity index (χ0v) is 14.4. The molecule has 2 aromatic carbocycles. The van der Waals surface area contributed by atoms with Gasteiger partial charge >= 0.3 is 5.97 Å². The highest BCUT2D eigenvalue weighted by Gasteiger charge is 2.19. The van der Waals surface area contributed by atoms with Gasteiger partial charge in [0.1, 0.15) is 0 Å². The summed E-state index contributed by atoms with van der Waals surface area (Å²) in [4.78, 5) is 24.3. The standard InChI is InChI=1S/C19H21NO5/c1-13(18(21)20-12-14-7-5-4-6-8-14)25-19(22)15-9-10-16(23-2)17(11-15)24-3/h4-11,13H,12H2,1-3H3,(H,20,21)/t13-/m0/s1. The van der Waals surface area contributed by atoms with E-state index in [-0.39, 0.29) is 11.5 Å². The Morgan fingerprint density at radius 2 is 1.68 bits per heavy atom. The zero-order chi connectivity index (χ0) is 18.2. The average Bonchev–Trinajstić information content (AvgIpc) is 2.66. The van der Waals surface area contributed by atoms with Crippen molar-refractivity contribution in [2.45, 2.75) is 19.6 Å². The molecule has 0 heterocycles. The molecule has 132 valence electrons. The van der Waals surface area contributed by atoms with Gasteiger partial charge in [-0.3, -0.25) is 4.79 Å². The number of ether oxygens (including phenoxy) is 3. The lowest BCUT2D eigenvalue weighted by atomic mass is 10.2. The number of methoxy groups -OCH3 is 2. The minimum absolute atomic E-state index is 0.278. The highest BCUT2D eigenvalue weighted by atomic mass is 16.5. The lowest BCUT2D eigenvalue weighted by Crippen LogP contribution is -2.35. The molecule has 0 fully saturated rings. The van der Waals surface area contributed by atoms with E-state index in [1.165, 1.54) is 27.2 Å². The minimum atomic E-state index is -0.913. The Bertz CT molecular complexity index is 730. The van der Waals surface area contributed by atoms with Crippen molar-refractivity contribution in [1.29, 1.82) is 0 Å². The van der Waals surface area contributed by atoms with Gasteiger partial charge in [-0.05, 0) is 30.7 Å². The van der Waals surface area contributed by atoms with Crippen molar-refractivity contribution in [3.8, 4) is 11.5 Å². The molecule has 0 spiro atoms. The third-order valence-corrected chi connectivity index (χ3v) is 3.58. The zero-order valence-electron chi connectivity index (χ0n) is 14.4. The van der Waals surface area contributed by atoms with E-state index in [1.54, 1.807) is 12.1 Å². The summed E-state index contributed by atoms with van der Waals surface area (Å²) >= 11 is 0. The molecule has 0 aliphatic heterocycles. The fourth-order valence-corrected chi connectivity index (χ4v) is 2.17. The molecular weight excluding hydrogens is 322 g/mol. The molecule has 0 aliphatic rings. The van der Waals surface area contributed by atoms with Gasteiger partial charge in [0, 0.05) is 6.54 Å². The predicted molar refractivity (Wildman–Crippen MR) is 92.7 cm³/mol. The van der Waals surface area contributed by atoms with Crippen molar-refractivity contribution in [2.75, 3.05) is 14.2 Å². The summed E-state index contributed by atoms with van der Waals surface area (Å²) in [6.45, 7) is 1.90. The van der Waals surface area contributed by atoms with Crippen molar-refractivity contribution in [3.63, 3.8) is 0 Å². The number of amides is 1. The molecule has 2 aromatic rings. The van der Waals surface area contributed by atoms with E-state index >= 15 is 0 Å². The minimum Gasteiger partial charge on any atom is -0.493 e. The summed E-state index contributed by atoms with van der Waals surface area (Å²) in [5, 5.41) is 2.74. The molecule has 6 heteroatoms. The second-order valence-electron chi connectivity index (χ2n) is 5.32.